The van der Waals surface area contributed by atoms with E-state index in [1.54, 1.807) is 12.1 Å². The number of aliphatic hydroxyl groups excluding tert-OH is 2. The predicted octanol–water partition coefficient (Wildman–Crippen LogP) is 2.37. The maximum absolute atomic E-state index is 13.2. The van der Waals surface area contributed by atoms with E-state index < -0.39 is 5.54 Å². The summed E-state index contributed by atoms with van der Waals surface area (Å²) in [6, 6.07) is 4.68. The van der Waals surface area contributed by atoms with Gasteiger partial charge in [-0.05, 0) is 47.0 Å². The SMILES string of the molecule is CCC(CO)(CO)NC(C)c1ccc(F)c(Br)c1. The lowest BCUT2D eigenvalue weighted by atomic mass is 9.95. The molecule has 3 N–H and O–H groups in total. The van der Waals surface area contributed by atoms with Crippen LogP contribution < -0.4 is 5.32 Å². The van der Waals surface area contributed by atoms with Gasteiger partial charge in [-0.3, -0.25) is 0 Å². The summed E-state index contributed by atoms with van der Waals surface area (Å²) in [5.74, 6) is -0.308. The van der Waals surface area contributed by atoms with Gasteiger partial charge < -0.3 is 15.5 Å². The van der Waals surface area contributed by atoms with Crippen molar-refractivity contribution in [2.45, 2.75) is 31.8 Å². The molecule has 0 aliphatic rings. The Hall–Kier alpha value is -0.490. The Bertz CT molecular complexity index is 388. The molecule has 0 saturated heterocycles. The zero-order valence-corrected chi connectivity index (χ0v) is 12.2. The Kier molecular flexibility index (Phi) is 5.72. The normalized spacial score (nSPS) is 13.7. The highest BCUT2D eigenvalue weighted by atomic mass is 79.9. The van der Waals surface area contributed by atoms with Gasteiger partial charge in [0, 0.05) is 6.04 Å². The van der Waals surface area contributed by atoms with Crippen LogP contribution in [-0.2, 0) is 0 Å². The molecule has 1 atom stereocenters. The van der Waals surface area contributed by atoms with Gasteiger partial charge in [-0.1, -0.05) is 13.0 Å². The average molecular weight is 320 g/mol. The Morgan fingerprint density at radius 1 is 1.39 bits per heavy atom. The standard InChI is InChI=1S/C13H19BrFNO2/c1-3-13(7-17,8-18)16-9(2)10-4-5-12(15)11(14)6-10/h4-6,9,16-18H,3,7-8H2,1-2H3. The lowest BCUT2D eigenvalue weighted by molar-refractivity contribution is 0.0793. The summed E-state index contributed by atoms with van der Waals surface area (Å²) in [5.41, 5.74) is 0.184. The molecule has 0 spiro atoms. The van der Waals surface area contributed by atoms with Crippen molar-refractivity contribution in [2.75, 3.05) is 13.2 Å². The van der Waals surface area contributed by atoms with Crippen LogP contribution in [0.1, 0.15) is 31.9 Å². The smallest absolute Gasteiger partial charge is 0.137 e. The van der Waals surface area contributed by atoms with Crippen LogP contribution in [0.4, 0.5) is 4.39 Å². The maximum Gasteiger partial charge on any atom is 0.137 e. The van der Waals surface area contributed by atoms with E-state index in [0.29, 0.717) is 10.9 Å². The number of aliphatic hydroxyl groups is 2. The molecule has 3 nitrogen and oxygen atoms in total. The lowest BCUT2D eigenvalue weighted by Crippen LogP contribution is -2.52. The summed E-state index contributed by atoms with van der Waals surface area (Å²) >= 11 is 3.14. The van der Waals surface area contributed by atoms with Crippen molar-refractivity contribution in [2.24, 2.45) is 0 Å². The van der Waals surface area contributed by atoms with Crippen LogP contribution in [-0.4, -0.2) is 29.0 Å². The first-order valence-electron chi connectivity index (χ1n) is 5.92. The van der Waals surface area contributed by atoms with Crippen molar-refractivity contribution >= 4 is 15.9 Å². The Morgan fingerprint density at radius 3 is 2.44 bits per heavy atom. The van der Waals surface area contributed by atoms with Crippen LogP contribution in [0.25, 0.3) is 0 Å². The zero-order chi connectivity index (χ0) is 13.8. The summed E-state index contributed by atoms with van der Waals surface area (Å²) < 4.78 is 13.6. The van der Waals surface area contributed by atoms with Crippen LogP contribution in [0.3, 0.4) is 0 Å². The quantitative estimate of drug-likeness (QED) is 0.754. The van der Waals surface area contributed by atoms with E-state index in [-0.39, 0.29) is 25.1 Å². The highest BCUT2D eigenvalue weighted by Gasteiger charge is 2.28. The first-order chi connectivity index (χ1) is 8.48. The van der Waals surface area contributed by atoms with Gasteiger partial charge in [0.05, 0.1) is 23.2 Å². The maximum atomic E-state index is 13.2. The minimum Gasteiger partial charge on any atom is -0.394 e. The molecule has 0 aromatic heterocycles. The van der Waals surface area contributed by atoms with Gasteiger partial charge in [-0.25, -0.2) is 4.39 Å². The number of hydrogen-bond acceptors (Lipinski definition) is 3. The molecule has 102 valence electrons. The van der Waals surface area contributed by atoms with Gasteiger partial charge in [0.15, 0.2) is 0 Å². The van der Waals surface area contributed by atoms with Gasteiger partial charge >= 0.3 is 0 Å². The molecule has 0 saturated carbocycles. The van der Waals surface area contributed by atoms with Crippen molar-refractivity contribution in [3.63, 3.8) is 0 Å². The third-order valence-electron chi connectivity index (χ3n) is 3.25. The average Bonchev–Trinajstić information content (AvgIpc) is 2.39. The summed E-state index contributed by atoms with van der Waals surface area (Å²) in [5, 5.41) is 22.0. The van der Waals surface area contributed by atoms with Gasteiger partial charge in [-0.2, -0.15) is 0 Å². The van der Waals surface area contributed by atoms with Crippen LogP contribution in [0.2, 0.25) is 0 Å². The Labute approximate surface area is 115 Å². The second kappa shape index (κ2) is 6.61. The fourth-order valence-corrected chi connectivity index (χ4v) is 2.19. The molecule has 0 bridgehead atoms. The molecular formula is C13H19BrFNO2. The summed E-state index contributed by atoms with van der Waals surface area (Å²) in [7, 11) is 0. The summed E-state index contributed by atoms with van der Waals surface area (Å²) in [6.45, 7) is 3.52. The molecule has 0 heterocycles. The predicted molar refractivity (Wildman–Crippen MR) is 72.8 cm³/mol. The molecule has 1 aromatic rings. The molecule has 5 heteroatoms. The van der Waals surface area contributed by atoms with E-state index >= 15 is 0 Å². The van der Waals surface area contributed by atoms with Gasteiger partial charge in [0.25, 0.3) is 0 Å². The monoisotopic (exact) mass is 319 g/mol. The molecule has 1 aromatic carbocycles. The first kappa shape index (κ1) is 15.6. The second-order valence-corrected chi connectivity index (χ2v) is 5.34. The van der Waals surface area contributed by atoms with E-state index in [2.05, 4.69) is 21.2 Å². The van der Waals surface area contributed by atoms with Gasteiger partial charge in [0.2, 0.25) is 0 Å². The van der Waals surface area contributed by atoms with E-state index in [4.69, 9.17) is 0 Å². The van der Waals surface area contributed by atoms with Crippen LogP contribution in [0.15, 0.2) is 22.7 Å². The lowest BCUT2D eigenvalue weighted by Gasteiger charge is -2.33. The molecule has 0 amide bonds. The summed E-state index contributed by atoms with van der Waals surface area (Å²) in [6.07, 6.45) is 0.604. The Morgan fingerprint density at radius 2 is 2.00 bits per heavy atom. The third-order valence-corrected chi connectivity index (χ3v) is 3.86. The molecule has 1 rings (SSSR count). The number of benzene rings is 1. The third kappa shape index (κ3) is 3.51. The topological polar surface area (TPSA) is 52.5 Å². The van der Waals surface area contributed by atoms with Gasteiger partial charge in [-0.15, -0.1) is 0 Å². The fraction of sp³-hybridized carbons (Fsp3) is 0.538. The van der Waals surface area contributed by atoms with Crippen molar-refractivity contribution < 1.29 is 14.6 Å². The van der Waals surface area contributed by atoms with E-state index in [9.17, 15) is 14.6 Å². The molecule has 0 aliphatic heterocycles. The van der Waals surface area contributed by atoms with Crippen molar-refractivity contribution in [1.29, 1.82) is 0 Å². The molecular weight excluding hydrogens is 301 g/mol. The van der Waals surface area contributed by atoms with Gasteiger partial charge in [0.1, 0.15) is 5.82 Å². The number of rotatable bonds is 6. The van der Waals surface area contributed by atoms with E-state index in [0.717, 1.165) is 5.56 Å². The fourth-order valence-electron chi connectivity index (χ4n) is 1.79. The molecule has 0 aliphatic carbocycles. The molecule has 0 radical (unpaired) electrons. The molecule has 1 unspecified atom stereocenters. The zero-order valence-electron chi connectivity index (χ0n) is 10.6. The van der Waals surface area contributed by atoms with E-state index in [1.165, 1.54) is 6.07 Å². The number of halogens is 2. The van der Waals surface area contributed by atoms with Crippen LogP contribution in [0.5, 0.6) is 0 Å². The molecule has 0 fully saturated rings. The number of nitrogens with one attached hydrogen (secondary N) is 1. The number of hydrogen-bond donors (Lipinski definition) is 3. The Balaban J connectivity index is 2.86. The van der Waals surface area contributed by atoms with Crippen molar-refractivity contribution in [1.82, 2.24) is 5.32 Å². The minimum absolute atomic E-state index is 0.0962. The highest BCUT2D eigenvalue weighted by Crippen LogP contribution is 2.23. The largest absolute Gasteiger partial charge is 0.394 e. The van der Waals surface area contributed by atoms with E-state index in [1.807, 2.05) is 13.8 Å². The van der Waals surface area contributed by atoms with Crippen molar-refractivity contribution in [3.05, 3.63) is 34.1 Å². The minimum atomic E-state index is -0.708. The summed E-state index contributed by atoms with van der Waals surface area (Å²) in [4.78, 5) is 0. The highest BCUT2D eigenvalue weighted by molar-refractivity contribution is 9.10. The van der Waals surface area contributed by atoms with Crippen LogP contribution in [0, 0.1) is 5.82 Å². The van der Waals surface area contributed by atoms with Crippen LogP contribution >= 0.6 is 15.9 Å². The first-order valence-corrected chi connectivity index (χ1v) is 6.71. The van der Waals surface area contributed by atoms with Crippen molar-refractivity contribution in [3.8, 4) is 0 Å². The second-order valence-electron chi connectivity index (χ2n) is 4.49. The molecule has 18 heavy (non-hydrogen) atoms.